The normalized spacial score (nSPS) is 17.3. The summed E-state index contributed by atoms with van der Waals surface area (Å²) < 4.78 is 21.5. The molecule has 1 unspecified atom stereocenters. The van der Waals surface area contributed by atoms with Gasteiger partial charge in [-0.25, -0.2) is 9.24 Å². The summed E-state index contributed by atoms with van der Waals surface area (Å²) in [5.41, 5.74) is 6.33. The van der Waals surface area contributed by atoms with Gasteiger partial charge in [0.15, 0.2) is 0 Å². The highest BCUT2D eigenvalue weighted by atomic mass is 19.1. The quantitative estimate of drug-likeness (QED) is 0.404. The topological polar surface area (TPSA) is 73.7 Å². The van der Waals surface area contributed by atoms with Crippen LogP contribution in [0.25, 0.3) is 38.4 Å². The summed E-state index contributed by atoms with van der Waals surface area (Å²) in [6.07, 6.45) is 0. The molecule has 4 aromatic rings. The monoisotopic (exact) mass is 497 g/mol. The van der Waals surface area contributed by atoms with Gasteiger partial charge in [0, 0.05) is 37.3 Å². The van der Waals surface area contributed by atoms with Crippen molar-refractivity contribution in [3.63, 3.8) is 0 Å². The molecule has 37 heavy (non-hydrogen) atoms. The third-order valence-electron chi connectivity index (χ3n) is 7.26. The molecule has 0 bridgehead atoms. The SMILES string of the molecule is [C-]#[N+]c1cc2[nH]nc(-c3ccc4c(c3)OCC3CN(C)CCN43)c2nc1-c1c(C)cc(CNC)cc1F. The largest absolute Gasteiger partial charge is 0.489 e. The lowest BCUT2D eigenvalue weighted by molar-refractivity contribution is 0.188. The van der Waals surface area contributed by atoms with Crippen LogP contribution in [0.1, 0.15) is 11.1 Å². The Hall–Kier alpha value is -4.00. The second-order valence-electron chi connectivity index (χ2n) is 9.84. The van der Waals surface area contributed by atoms with Gasteiger partial charge in [0.05, 0.1) is 29.5 Å². The Balaban J connectivity index is 1.44. The molecule has 2 aliphatic heterocycles. The van der Waals surface area contributed by atoms with E-state index in [1.165, 1.54) is 6.07 Å². The van der Waals surface area contributed by atoms with Crippen LogP contribution in [0.2, 0.25) is 0 Å². The number of likely N-dealkylation sites (N-methyl/N-ethyl adjacent to an activating group) is 1. The first-order valence-corrected chi connectivity index (χ1v) is 12.4. The standard InChI is InChI=1S/C28H28FN7O/c1-16-9-17(13-30-2)10-20(29)25(16)27-21(31-3)12-22-28(32-27)26(34-33-22)18-5-6-23-24(11-18)37-15-19-14-35(4)7-8-36(19)23/h5-6,9-12,19,30H,7-8,13-15H2,1-2,4H3,(H,33,34). The van der Waals surface area contributed by atoms with Crippen LogP contribution < -0.4 is 15.0 Å². The zero-order chi connectivity index (χ0) is 25.7. The average Bonchev–Trinajstić information content (AvgIpc) is 3.30. The highest BCUT2D eigenvalue weighted by molar-refractivity contribution is 5.96. The number of H-pyrrole nitrogens is 1. The van der Waals surface area contributed by atoms with Gasteiger partial charge in [0.2, 0.25) is 5.69 Å². The van der Waals surface area contributed by atoms with Gasteiger partial charge in [-0.05, 0) is 56.4 Å². The van der Waals surface area contributed by atoms with Gasteiger partial charge in [-0.3, -0.25) is 10.1 Å². The highest BCUT2D eigenvalue weighted by Gasteiger charge is 2.32. The van der Waals surface area contributed by atoms with Crippen molar-refractivity contribution in [3.05, 3.63) is 64.8 Å². The molecule has 2 N–H and O–H groups in total. The number of ether oxygens (including phenoxy) is 1. The van der Waals surface area contributed by atoms with E-state index in [1.807, 2.05) is 32.2 Å². The van der Waals surface area contributed by atoms with Gasteiger partial charge in [-0.2, -0.15) is 5.10 Å². The summed E-state index contributed by atoms with van der Waals surface area (Å²) >= 11 is 0. The number of aromatic nitrogens is 3. The lowest BCUT2D eigenvalue weighted by Crippen LogP contribution is -2.56. The van der Waals surface area contributed by atoms with E-state index in [0.717, 1.165) is 47.8 Å². The Bertz CT molecular complexity index is 1530. The van der Waals surface area contributed by atoms with Gasteiger partial charge < -0.3 is 19.9 Å². The van der Waals surface area contributed by atoms with Crippen molar-refractivity contribution in [3.8, 4) is 28.3 Å². The van der Waals surface area contributed by atoms with E-state index in [9.17, 15) is 0 Å². The first-order valence-electron chi connectivity index (χ1n) is 12.4. The molecule has 9 heteroatoms. The number of benzene rings is 2. The van der Waals surface area contributed by atoms with Crippen LogP contribution in [-0.2, 0) is 6.54 Å². The maximum Gasteiger partial charge on any atom is 0.215 e. The van der Waals surface area contributed by atoms with Crippen LogP contribution in [0.4, 0.5) is 15.8 Å². The molecule has 6 rings (SSSR count). The van der Waals surface area contributed by atoms with Crippen molar-refractivity contribution in [1.29, 1.82) is 0 Å². The number of nitrogens with one attached hydrogen (secondary N) is 2. The van der Waals surface area contributed by atoms with Crippen molar-refractivity contribution in [2.24, 2.45) is 0 Å². The Morgan fingerprint density at radius 3 is 2.86 bits per heavy atom. The van der Waals surface area contributed by atoms with E-state index in [4.69, 9.17) is 16.3 Å². The summed E-state index contributed by atoms with van der Waals surface area (Å²) in [6, 6.07) is 11.6. The lowest BCUT2D eigenvalue weighted by atomic mass is 9.99. The summed E-state index contributed by atoms with van der Waals surface area (Å²) in [5, 5.41) is 10.6. The lowest BCUT2D eigenvalue weighted by Gasteiger charge is -2.44. The van der Waals surface area contributed by atoms with Crippen LogP contribution in [0, 0.1) is 19.3 Å². The fourth-order valence-corrected chi connectivity index (χ4v) is 5.50. The smallest absolute Gasteiger partial charge is 0.215 e. The Labute approximate surface area is 214 Å². The van der Waals surface area contributed by atoms with Crippen LogP contribution in [0.5, 0.6) is 5.75 Å². The predicted octanol–water partition coefficient (Wildman–Crippen LogP) is 4.52. The molecule has 4 heterocycles. The van der Waals surface area contributed by atoms with Crippen molar-refractivity contribution in [2.75, 3.05) is 45.2 Å². The fourth-order valence-electron chi connectivity index (χ4n) is 5.50. The van der Waals surface area contributed by atoms with Gasteiger partial charge in [0.25, 0.3) is 0 Å². The van der Waals surface area contributed by atoms with E-state index in [2.05, 4.69) is 43.3 Å². The maximum absolute atomic E-state index is 15.3. The molecule has 8 nitrogen and oxygen atoms in total. The third-order valence-corrected chi connectivity index (χ3v) is 7.26. The Morgan fingerprint density at radius 2 is 2.08 bits per heavy atom. The Kier molecular flexibility index (Phi) is 5.78. The zero-order valence-electron chi connectivity index (χ0n) is 21.1. The summed E-state index contributed by atoms with van der Waals surface area (Å²) in [4.78, 5) is 13.2. The van der Waals surface area contributed by atoms with Crippen molar-refractivity contribution in [1.82, 2.24) is 25.4 Å². The molecule has 2 aromatic heterocycles. The third kappa shape index (κ3) is 3.99. The first kappa shape index (κ1) is 23.4. The van der Waals surface area contributed by atoms with E-state index >= 15 is 4.39 Å². The van der Waals surface area contributed by atoms with Crippen molar-refractivity contribution in [2.45, 2.75) is 19.5 Å². The molecule has 188 valence electrons. The predicted molar refractivity (Wildman–Crippen MR) is 143 cm³/mol. The first-order chi connectivity index (χ1) is 18.0. The number of fused-ring (bicyclic) bond motifs is 4. The number of hydrogen-bond donors (Lipinski definition) is 2. The maximum atomic E-state index is 15.3. The summed E-state index contributed by atoms with van der Waals surface area (Å²) in [6.45, 7) is 13.7. The van der Waals surface area contributed by atoms with Gasteiger partial charge in [0.1, 0.15) is 29.4 Å². The van der Waals surface area contributed by atoms with Gasteiger partial charge in [-0.15, -0.1) is 0 Å². The minimum Gasteiger partial charge on any atom is -0.489 e. The molecule has 0 spiro atoms. The Morgan fingerprint density at radius 1 is 1.22 bits per heavy atom. The molecule has 0 aliphatic carbocycles. The molecule has 1 fully saturated rings. The number of aromatic amines is 1. The summed E-state index contributed by atoms with van der Waals surface area (Å²) in [7, 11) is 3.97. The number of anilines is 1. The second kappa shape index (κ2) is 9.14. The van der Waals surface area contributed by atoms with Crippen molar-refractivity contribution < 1.29 is 9.13 Å². The molecule has 0 radical (unpaired) electrons. The van der Waals surface area contributed by atoms with Crippen molar-refractivity contribution >= 4 is 22.4 Å². The average molecular weight is 498 g/mol. The van der Waals surface area contributed by atoms with E-state index in [0.29, 0.717) is 47.2 Å². The number of aryl methyl sites for hydroxylation is 1. The van der Waals surface area contributed by atoms with E-state index in [-0.39, 0.29) is 5.69 Å². The van der Waals surface area contributed by atoms with Gasteiger partial charge >= 0.3 is 0 Å². The molecule has 1 atom stereocenters. The number of hydrogen-bond acceptors (Lipinski definition) is 6. The van der Waals surface area contributed by atoms with E-state index < -0.39 is 5.82 Å². The van der Waals surface area contributed by atoms with Crippen LogP contribution in [0.15, 0.2) is 36.4 Å². The number of rotatable bonds is 4. The highest BCUT2D eigenvalue weighted by Crippen LogP contribution is 2.41. The number of piperazine rings is 1. The summed E-state index contributed by atoms with van der Waals surface area (Å²) in [5.74, 6) is 0.436. The molecule has 2 aliphatic rings. The minimum absolute atomic E-state index is 0.279. The molecule has 0 amide bonds. The second-order valence-corrected chi connectivity index (χ2v) is 9.84. The zero-order valence-corrected chi connectivity index (χ0v) is 21.1. The number of nitrogens with zero attached hydrogens (tertiary/aromatic N) is 5. The van der Waals surface area contributed by atoms with Crippen LogP contribution in [-0.4, -0.2) is 66.5 Å². The van der Waals surface area contributed by atoms with Crippen LogP contribution in [0.3, 0.4) is 0 Å². The molecule has 0 saturated carbocycles. The molecule has 1 saturated heterocycles. The molecular weight excluding hydrogens is 469 g/mol. The minimum atomic E-state index is -0.393. The van der Waals surface area contributed by atoms with Crippen LogP contribution >= 0.6 is 0 Å². The van der Waals surface area contributed by atoms with E-state index in [1.54, 1.807) is 6.07 Å². The number of halogens is 1. The molecular formula is C28H28FN7O. The number of pyridine rings is 1. The fraction of sp³-hybridized carbons (Fsp3) is 0.321. The van der Waals surface area contributed by atoms with Gasteiger partial charge in [-0.1, -0.05) is 12.1 Å². The molecule has 2 aromatic carbocycles.